The maximum absolute atomic E-state index is 14.1. The molecule has 0 atom stereocenters. The van der Waals surface area contributed by atoms with Gasteiger partial charge in [0.05, 0.1) is 0 Å². The van der Waals surface area contributed by atoms with Gasteiger partial charge in [0.25, 0.3) is 0 Å². The Labute approximate surface area is 141 Å². The fourth-order valence-electron chi connectivity index (χ4n) is 3.07. The monoisotopic (exact) mass is 371 g/mol. The minimum Gasteiger partial charge on any atom is -0.224 e. The van der Waals surface area contributed by atoms with E-state index in [0.717, 1.165) is 24.3 Å². The third kappa shape index (κ3) is 3.32. The van der Waals surface area contributed by atoms with Gasteiger partial charge in [-0.25, -0.2) is 31.1 Å². The maximum Gasteiger partial charge on any atom is 0.243 e. The summed E-state index contributed by atoms with van der Waals surface area (Å²) in [6.45, 7) is 0. The average molecular weight is 371 g/mol. The quantitative estimate of drug-likeness (QED) is 0.830. The second-order valence-electron chi connectivity index (χ2n) is 5.75. The summed E-state index contributed by atoms with van der Waals surface area (Å²) >= 11 is 0. The van der Waals surface area contributed by atoms with Crippen molar-refractivity contribution in [2.75, 3.05) is 0 Å². The first-order chi connectivity index (χ1) is 11.7. The fourth-order valence-corrected chi connectivity index (χ4v) is 3.73. The average Bonchev–Trinajstić information content (AvgIpc) is 2.97. The van der Waals surface area contributed by atoms with E-state index in [1.54, 1.807) is 0 Å². The molecule has 132 valence electrons. The number of allylic oxidation sites excluding steroid dienone is 2. The van der Waals surface area contributed by atoms with Gasteiger partial charge in [-0.3, -0.25) is 0 Å². The molecule has 2 aromatic carbocycles. The molecular formula is C17H13F4NO2S. The molecule has 0 spiro atoms. The predicted molar refractivity (Wildman–Crippen MR) is 84.8 cm³/mol. The van der Waals surface area contributed by atoms with Crippen LogP contribution in [0.25, 0.3) is 11.1 Å². The standard InChI is InChI=1S/C17H13F4NO2S/c18-13-5-4-9(6-14(13)19)11-2-1-3-12(11)10-7-15(20)17(16(21)8-10)25(22,23)24/h4-8H,1-3H2,(H2,22,23,24). The normalized spacial score (nSPS) is 15.1. The fraction of sp³-hybridized carbons (Fsp3) is 0.176. The van der Waals surface area contributed by atoms with Crippen molar-refractivity contribution in [1.82, 2.24) is 0 Å². The van der Waals surface area contributed by atoms with Crippen LogP contribution in [0.1, 0.15) is 30.4 Å². The van der Waals surface area contributed by atoms with Crippen LogP contribution in [0.2, 0.25) is 0 Å². The van der Waals surface area contributed by atoms with Gasteiger partial charge in [0.1, 0.15) is 11.6 Å². The third-order valence-corrected chi connectivity index (χ3v) is 5.08. The summed E-state index contributed by atoms with van der Waals surface area (Å²) in [6.07, 6.45) is 1.67. The number of rotatable bonds is 3. The van der Waals surface area contributed by atoms with Crippen molar-refractivity contribution in [3.63, 3.8) is 0 Å². The number of primary sulfonamides is 1. The van der Waals surface area contributed by atoms with E-state index in [9.17, 15) is 26.0 Å². The first kappa shape index (κ1) is 17.6. The molecular weight excluding hydrogens is 358 g/mol. The molecule has 0 amide bonds. The van der Waals surface area contributed by atoms with Crippen LogP contribution in [0, 0.1) is 23.3 Å². The van der Waals surface area contributed by atoms with Crippen molar-refractivity contribution < 1.29 is 26.0 Å². The Bertz CT molecular complexity index is 977. The molecule has 25 heavy (non-hydrogen) atoms. The molecule has 3 nitrogen and oxygen atoms in total. The Hall–Kier alpha value is -2.19. The smallest absolute Gasteiger partial charge is 0.224 e. The highest BCUT2D eigenvalue weighted by atomic mass is 32.2. The van der Waals surface area contributed by atoms with Gasteiger partial charge in [0.15, 0.2) is 16.5 Å². The van der Waals surface area contributed by atoms with E-state index in [-0.39, 0.29) is 5.56 Å². The van der Waals surface area contributed by atoms with Gasteiger partial charge in [-0.05, 0) is 65.8 Å². The number of sulfonamides is 1. The Balaban J connectivity index is 2.15. The lowest BCUT2D eigenvalue weighted by atomic mass is 9.97. The van der Waals surface area contributed by atoms with Crippen LogP contribution in [-0.2, 0) is 10.0 Å². The lowest BCUT2D eigenvalue weighted by Gasteiger charge is -2.11. The minimum atomic E-state index is -4.54. The molecule has 2 N–H and O–H groups in total. The topological polar surface area (TPSA) is 60.2 Å². The van der Waals surface area contributed by atoms with E-state index in [4.69, 9.17) is 5.14 Å². The first-order valence-electron chi connectivity index (χ1n) is 7.38. The summed E-state index contributed by atoms with van der Waals surface area (Å²) in [5, 5.41) is 4.81. The number of halogens is 4. The summed E-state index contributed by atoms with van der Waals surface area (Å²) < 4.78 is 77.3. The summed E-state index contributed by atoms with van der Waals surface area (Å²) in [5.41, 5.74) is 1.77. The molecule has 0 radical (unpaired) electrons. The molecule has 3 rings (SSSR count). The van der Waals surface area contributed by atoms with Gasteiger partial charge in [0, 0.05) is 0 Å². The number of hydrogen-bond donors (Lipinski definition) is 1. The molecule has 0 aromatic heterocycles. The van der Waals surface area contributed by atoms with Crippen molar-refractivity contribution in [3.8, 4) is 0 Å². The largest absolute Gasteiger partial charge is 0.243 e. The molecule has 1 aliphatic carbocycles. The van der Waals surface area contributed by atoms with Gasteiger partial charge in [-0.2, -0.15) is 0 Å². The van der Waals surface area contributed by atoms with E-state index >= 15 is 0 Å². The molecule has 0 aliphatic heterocycles. The van der Waals surface area contributed by atoms with E-state index in [0.29, 0.717) is 36.0 Å². The van der Waals surface area contributed by atoms with Gasteiger partial charge < -0.3 is 0 Å². The summed E-state index contributed by atoms with van der Waals surface area (Å²) in [5.74, 6) is -4.58. The molecule has 1 aliphatic rings. The van der Waals surface area contributed by atoms with Gasteiger partial charge in [-0.1, -0.05) is 6.07 Å². The lowest BCUT2D eigenvalue weighted by Crippen LogP contribution is -2.16. The Morgan fingerprint density at radius 1 is 0.760 bits per heavy atom. The first-order valence-corrected chi connectivity index (χ1v) is 8.93. The van der Waals surface area contributed by atoms with Crippen LogP contribution in [0.3, 0.4) is 0 Å². The molecule has 0 unspecified atom stereocenters. The van der Waals surface area contributed by atoms with Crippen LogP contribution >= 0.6 is 0 Å². The Morgan fingerprint density at radius 3 is 1.80 bits per heavy atom. The zero-order valence-corrected chi connectivity index (χ0v) is 13.6. The molecule has 0 saturated heterocycles. The number of nitrogens with two attached hydrogens (primary N) is 1. The molecule has 0 heterocycles. The van der Waals surface area contributed by atoms with E-state index in [1.165, 1.54) is 6.07 Å². The van der Waals surface area contributed by atoms with Crippen molar-refractivity contribution >= 4 is 21.2 Å². The third-order valence-electron chi connectivity index (χ3n) is 4.12. The van der Waals surface area contributed by atoms with Crippen LogP contribution < -0.4 is 5.14 Å². The van der Waals surface area contributed by atoms with Gasteiger partial charge in [0.2, 0.25) is 10.0 Å². The maximum atomic E-state index is 14.1. The summed E-state index contributed by atoms with van der Waals surface area (Å²) in [6, 6.07) is 5.19. The van der Waals surface area contributed by atoms with Crippen molar-refractivity contribution in [2.24, 2.45) is 5.14 Å². The van der Waals surface area contributed by atoms with Crippen LogP contribution in [0.5, 0.6) is 0 Å². The molecule has 0 fully saturated rings. The molecule has 0 bridgehead atoms. The second kappa shape index (κ2) is 6.27. The van der Waals surface area contributed by atoms with E-state index in [1.807, 2.05) is 0 Å². The summed E-state index contributed by atoms with van der Waals surface area (Å²) in [7, 11) is -4.54. The van der Waals surface area contributed by atoms with Crippen molar-refractivity contribution in [2.45, 2.75) is 24.2 Å². The highest BCUT2D eigenvalue weighted by Crippen LogP contribution is 2.40. The summed E-state index contributed by atoms with van der Waals surface area (Å²) in [4.78, 5) is -1.19. The number of benzene rings is 2. The van der Waals surface area contributed by atoms with Crippen molar-refractivity contribution in [3.05, 3.63) is 64.7 Å². The van der Waals surface area contributed by atoms with Crippen molar-refractivity contribution in [1.29, 1.82) is 0 Å². The highest BCUT2D eigenvalue weighted by Gasteiger charge is 2.25. The van der Waals surface area contributed by atoms with Crippen LogP contribution in [0.4, 0.5) is 17.6 Å². The zero-order chi connectivity index (χ0) is 18.4. The minimum absolute atomic E-state index is 0.152. The number of hydrogen-bond acceptors (Lipinski definition) is 2. The van der Waals surface area contributed by atoms with Crippen LogP contribution in [0.15, 0.2) is 35.2 Å². The van der Waals surface area contributed by atoms with Gasteiger partial charge in [-0.15, -0.1) is 0 Å². The SMILES string of the molecule is NS(=O)(=O)c1c(F)cc(C2=C(c3ccc(F)c(F)c3)CCC2)cc1F. The molecule has 2 aromatic rings. The van der Waals surface area contributed by atoms with E-state index in [2.05, 4.69) is 0 Å². The molecule has 8 heteroatoms. The molecule has 0 saturated carbocycles. The Morgan fingerprint density at radius 2 is 1.28 bits per heavy atom. The van der Waals surface area contributed by atoms with Crippen LogP contribution in [-0.4, -0.2) is 8.42 Å². The van der Waals surface area contributed by atoms with Gasteiger partial charge >= 0.3 is 0 Å². The Kier molecular flexibility index (Phi) is 4.42. The van der Waals surface area contributed by atoms with E-state index < -0.39 is 38.2 Å². The predicted octanol–water partition coefficient (Wildman–Crippen LogP) is 3.99. The highest BCUT2D eigenvalue weighted by molar-refractivity contribution is 7.89. The zero-order valence-electron chi connectivity index (χ0n) is 12.8. The second-order valence-corrected chi connectivity index (χ2v) is 7.25. The lowest BCUT2D eigenvalue weighted by molar-refractivity contribution is 0.508.